The van der Waals surface area contributed by atoms with E-state index in [9.17, 15) is 0 Å². The van der Waals surface area contributed by atoms with Gasteiger partial charge in [0.1, 0.15) is 17.0 Å². The van der Waals surface area contributed by atoms with Crippen molar-refractivity contribution >= 4 is 66.8 Å². The maximum Gasteiger partial charge on any atom is 0.135 e. The number of para-hydroxylation sites is 3. The molecule has 0 unspecified atom stereocenters. The maximum atomic E-state index is 6.80. The second kappa shape index (κ2) is 11.7. The molecule has 0 radical (unpaired) electrons. The van der Waals surface area contributed by atoms with Crippen LogP contribution in [0.1, 0.15) is 0 Å². The van der Waals surface area contributed by atoms with Crippen LogP contribution in [-0.2, 0) is 21.1 Å². The van der Waals surface area contributed by atoms with E-state index >= 15 is 0 Å². The van der Waals surface area contributed by atoms with Crippen LogP contribution in [0.25, 0.3) is 43.9 Å². The molecule has 0 spiro atoms. The van der Waals surface area contributed by atoms with Gasteiger partial charge in [0.05, 0.1) is 0 Å². The molecule has 9 rings (SSSR count). The van der Waals surface area contributed by atoms with Crippen LogP contribution in [0.3, 0.4) is 0 Å². The molecule has 0 amide bonds. The van der Waals surface area contributed by atoms with Gasteiger partial charge < -0.3 is 28.3 Å². The molecular weight excluding hydrogens is 768 g/mol. The van der Waals surface area contributed by atoms with E-state index in [1.54, 1.807) is 6.20 Å². The van der Waals surface area contributed by atoms with Crippen molar-refractivity contribution < 1.29 is 34.6 Å². The van der Waals surface area contributed by atoms with Crippen LogP contribution in [0.2, 0.25) is 0 Å². The summed E-state index contributed by atoms with van der Waals surface area (Å²) in [7, 11) is 1.99. The van der Waals surface area contributed by atoms with E-state index in [-0.39, 0.29) is 21.1 Å². The SMILES string of the molecule is CN1C=CN(c2[c-]c(Oc3[c-]c(N(c4ccccc4)c4ccccn4)cc4oc5ccccc5c34)cc3oc4ccccc4c23)[CH-]1.[Pt]. The Morgan fingerprint density at radius 3 is 2.11 bits per heavy atom. The zero-order valence-corrected chi connectivity index (χ0v) is 27.3. The van der Waals surface area contributed by atoms with Gasteiger partial charge >= 0.3 is 0 Å². The van der Waals surface area contributed by atoms with Gasteiger partial charge in [-0.05, 0) is 72.0 Å². The van der Waals surface area contributed by atoms with Crippen LogP contribution in [0.5, 0.6) is 11.5 Å². The van der Waals surface area contributed by atoms with Crippen molar-refractivity contribution in [2.45, 2.75) is 0 Å². The van der Waals surface area contributed by atoms with Crippen molar-refractivity contribution in [3.63, 3.8) is 0 Å². The standard InChI is InChI=1S/C39H25N4O3.Pt/c1-41-19-20-42(25-41)31-23-28(24-36-38(31)29-13-5-7-15-32(29)46-36)44-34-21-27(22-35-39(34)30-14-6-8-16-33(30)45-35)43(26-11-3-2-4-12-26)37-17-9-10-18-40-37;/h2-20,22,24-25H,1H3;/q-3;. The van der Waals surface area contributed by atoms with Gasteiger partial charge in [0.15, 0.2) is 0 Å². The van der Waals surface area contributed by atoms with Crippen LogP contribution in [0.15, 0.2) is 137 Å². The summed E-state index contributed by atoms with van der Waals surface area (Å²) in [6.07, 6.45) is 5.77. The monoisotopic (exact) mass is 792 g/mol. The number of benzene rings is 5. The van der Waals surface area contributed by atoms with Crippen LogP contribution in [0, 0.1) is 18.8 Å². The third-order valence-electron chi connectivity index (χ3n) is 8.10. The minimum atomic E-state index is 0. The normalized spacial score (nSPS) is 12.8. The molecule has 232 valence electrons. The summed E-state index contributed by atoms with van der Waals surface area (Å²) in [5, 5.41) is 3.72. The van der Waals surface area contributed by atoms with E-state index in [0.717, 1.165) is 49.9 Å². The average Bonchev–Trinajstić information content (AvgIpc) is 3.80. The number of aromatic nitrogens is 1. The molecule has 1 aliphatic heterocycles. The predicted molar refractivity (Wildman–Crippen MR) is 181 cm³/mol. The molecule has 8 aromatic rings. The molecule has 5 aromatic carbocycles. The largest absolute Gasteiger partial charge is 0.510 e. The fourth-order valence-corrected chi connectivity index (χ4v) is 6.08. The van der Waals surface area contributed by atoms with Gasteiger partial charge in [-0.2, -0.15) is 6.67 Å². The quantitative estimate of drug-likeness (QED) is 0.156. The number of rotatable bonds is 6. The van der Waals surface area contributed by atoms with Crippen molar-refractivity contribution in [2.75, 3.05) is 16.8 Å². The Morgan fingerprint density at radius 1 is 0.723 bits per heavy atom. The molecule has 0 aliphatic carbocycles. The van der Waals surface area contributed by atoms with Gasteiger partial charge in [0.2, 0.25) is 0 Å². The van der Waals surface area contributed by atoms with E-state index < -0.39 is 0 Å². The maximum absolute atomic E-state index is 6.80. The molecule has 1 aliphatic rings. The summed E-state index contributed by atoms with van der Waals surface area (Å²) in [6, 6.07) is 42.9. The molecule has 0 saturated heterocycles. The Bertz CT molecular complexity index is 2380. The van der Waals surface area contributed by atoms with Gasteiger partial charge in [-0.1, -0.05) is 83.5 Å². The number of hydrogen-bond donors (Lipinski definition) is 0. The van der Waals surface area contributed by atoms with Gasteiger partial charge in [0.25, 0.3) is 0 Å². The Hall–Kier alpha value is -5.52. The van der Waals surface area contributed by atoms with E-state index in [1.807, 2.05) is 144 Å². The second-order valence-electron chi connectivity index (χ2n) is 11.1. The first-order valence-corrected chi connectivity index (χ1v) is 14.9. The number of nitrogens with zero attached hydrogens (tertiary/aromatic N) is 4. The van der Waals surface area contributed by atoms with Crippen molar-refractivity contribution in [1.29, 1.82) is 0 Å². The minimum Gasteiger partial charge on any atom is -0.510 e. The summed E-state index contributed by atoms with van der Waals surface area (Å²) in [5.74, 6) is 1.73. The number of ether oxygens (including phenoxy) is 1. The molecule has 0 saturated carbocycles. The van der Waals surface area contributed by atoms with E-state index in [2.05, 4.69) is 23.2 Å². The molecule has 0 atom stereocenters. The molecular formula is C39H25N4O3Pt-3. The first-order valence-electron chi connectivity index (χ1n) is 14.9. The van der Waals surface area contributed by atoms with Gasteiger partial charge in [-0.25, -0.2) is 4.98 Å². The Balaban J connectivity index is 0.00000324. The predicted octanol–water partition coefficient (Wildman–Crippen LogP) is 10.1. The summed E-state index contributed by atoms with van der Waals surface area (Å²) in [6.45, 7) is 2.00. The molecule has 8 heteroatoms. The first kappa shape index (κ1) is 28.9. The average molecular weight is 793 g/mol. The fraction of sp³-hybridized carbons (Fsp3) is 0.0256. The van der Waals surface area contributed by atoms with Crippen LogP contribution < -0.4 is 14.5 Å². The summed E-state index contributed by atoms with van der Waals surface area (Å²) >= 11 is 0. The third-order valence-corrected chi connectivity index (χ3v) is 8.10. The molecule has 4 heterocycles. The number of hydrogen-bond acceptors (Lipinski definition) is 7. The van der Waals surface area contributed by atoms with Crippen molar-refractivity contribution in [3.05, 3.63) is 147 Å². The van der Waals surface area contributed by atoms with Gasteiger partial charge in [0, 0.05) is 55.6 Å². The van der Waals surface area contributed by atoms with Crippen molar-refractivity contribution in [1.82, 2.24) is 9.88 Å². The topological polar surface area (TPSA) is 58.1 Å². The van der Waals surface area contributed by atoms with Crippen LogP contribution in [-0.4, -0.2) is 16.9 Å². The number of fused-ring (bicyclic) bond motifs is 6. The van der Waals surface area contributed by atoms with Crippen molar-refractivity contribution in [2.24, 2.45) is 0 Å². The molecule has 7 nitrogen and oxygen atoms in total. The van der Waals surface area contributed by atoms with E-state index in [1.165, 1.54) is 0 Å². The van der Waals surface area contributed by atoms with Crippen LogP contribution >= 0.6 is 0 Å². The van der Waals surface area contributed by atoms with Crippen molar-refractivity contribution in [3.8, 4) is 11.5 Å². The fourth-order valence-electron chi connectivity index (χ4n) is 6.08. The van der Waals surface area contributed by atoms with Crippen LogP contribution in [0.4, 0.5) is 22.9 Å². The minimum absolute atomic E-state index is 0. The first-order chi connectivity index (χ1) is 22.7. The zero-order valence-electron chi connectivity index (χ0n) is 25.0. The molecule has 3 aromatic heterocycles. The Labute approximate surface area is 285 Å². The number of anilines is 4. The van der Waals surface area contributed by atoms with E-state index in [0.29, 0.717) is 28.4 Å². The Morgan fingerprint density at radius 2 is 1.40 bits per heavy atom. The molecule has 0 fully saturated rings. The van der Waals surface area contributed by atoms with E-state index in [4.69, 9.17) is 13.6 Å². The molecule has 47 heavy (non-hydrogen) atoms. The van der Waals surface area contributed by atoms with Gasteiger partial charge in [-0.15, -0.1) is 18.2 Å². The number of pyridine rings is 1. The molecule has 0 bridgehead atoms. The summed E-state index contributed by atoms with van der Waals surface area (Å²) < 4.78 is 19.6. The number of furan rings is 2. The Kier molecular flexibility index (Phi) is 7.19. The summed E-state index contributed by atoms with van der Waals surface area (Å²) in [5.41, 5.74) is 5.39. The zero-order chi connectivity index (χ0) is 30.6. The summed E-state index contributed by atoms with van der Waals surface area (Å²) in [4.78, 5) is 10.7. The smallest absolute Gasteiger partial charge is 0.135 e. The molecule has 0 N–H and O–H groups in total. The van der Waals surface area contributed by atoms with Gasteiger partial charge in [-0.3, -0.25) is 0 Å². The second-order valence-corrected chi connectivity index (χ2v) is 11.1. The third kappa shape index (κ3) is 5.00.